The zero-order valence-electron chi connectivity index (χ0n) is 12.4. The first-order chi connectivity index (χ1) is 9.60. The molecule has 1 saturated heterocycles. The van der Waals surface area contributed by atoms with Gasteiger partial charge >= 0.3 is 0 Å². The molecule has 20 heavy (non-hydrogen) atoms. The fourth-order valence-corrected chi connectivity index (χ4v) is 2.38. The van der Waals surface area contributed by atoms with E-state index in [9.17, 15) is 5.11 Å². The molecule has 1 aromatic carbocycles. The van der Waals surface area contributed by atoms with Crippen molar-refractivity contribution in [3.63, 3.8) is 0 Å². The minimum atomic E-state index is 0.167. The molecule has 0 amide bonds. The first kappa shape index (κ1) is 15.1. The highest BCUT2D eigenvalue weighted by Gasteiger charge is 2.18. The van der Waals surface area contributed by atoms with Crippen LogP contribution in [-0.2, 0) is 4.74 Å². The van der Waals surface area contributed by atoms with Crippen molar-refractivity contribution in [1.29, 1.82) is 0 Å². The van der Waals surface area contributed by atoms with Crippen LogP contribution in [0.2, 0.25) is 0 Å². The number of methoxy groups -OCH3 is 1. The zero-order chi connectivity index (χ0) is 14.5. The summed E-state index contributed by atoms with van der Waals surface area (Å²) in [6.45, 7) is 5.66. The van der Waals surface area contributed by atoms with Gasteiger partial charge in [0, 0.05) is 25.7 Å². The highest BCUT2D eigenvalue weighted by atomic mass is 16.5. The van der Waals surface area contributed by atoms with E-state index in [1.165, 1.54) is 0 Å². The van der Waals surface area contributed by atoms with Crippen LogP contribution in [-0.4, -0.2) is 56.5 Å². The largest absolute Gasteiger partial charge is 0.504 e. The maximum atomic E-state index is 9.61. The molecule has 2 N–H and O–H groups in total. The first-order valence-corrected chi connectivity index (χ1v) is 7.00. The van der Waals surface area contributed by atoms with Crippen molar-refractivity contribution in [2.45, 2.75) is 19.1 Å². The summed E-state index contributed by atoms with van der Waals surface area (Å²) in [7, 11) is 3.67. The van der Waals surface area contributed by atoms with E-state index in [0.717, 1.165) is 31.8 Å². The molecule has 0 spiro atoms. The van der Waals surface area contributed by atoms with Crippen molar-refractivity contribution in [2.24, 2.45) is 0 Å². The van der Waals surface area contributed by atoms with E-state index >= 15 is 0 Å². The molecule has 2 rings (SSSR count). The lowest BCUT2D eigenvalue weighted by atomic mass is 10.1. The Morgan fingerprint density at radius 3 is 3.05 bits per heavy atom. The normalized spacial score (nSPS) is 21.6. The van der Waals surface area contributed by atoms with Gasteiger partial charge in [-0.1, -0.05) is 6.07 Å². The van der Waals surface area contributed by atoms with E-state index in [0.29, 0.717) is 5.75 Å². The van der Waals surface area contributed by atoms with Gasteiger partial charge in [0.25, 0.3) is 0 Å². The second kappa shape index (κ2) is 6.92. The number of nitrogens with one attached hydrogen (secondary N) is 1. The summed E-state index contributed by atoms with van der Waals surface area (Å²) >= 11 is 0. The van der Waals surface area contributed by atoms with E-state index in [1.54, 1.807) is 13.2 Å². The van der Waals surface area contributed by atoms with Gasteiger partial charge in [-0.2, -0.15) is 0 Å². The van der Waals surface area contributed by atoms with Gasteiger partial charge in [-0.15, -0.1) is 0 Å². The van der Waals surface area contributed by atoms with Crippen molar-refractivity contribution in [1.82, 2.24) is 10.2 Å². The Morgan fingerprint density at radius 1 is 1.55 bits per heavy atom. The van der Waals surface area contributed by atoms with Crippen molar-refractivity contribution >= 4 is 0 Å². The number of rotatable bonds is 5. The van der Waals surface area contributed by atoms with E-state index in [2.05, 4.69) is 24.2 Å². The fourth-order valence-electron chi connectivity index (χ4n) is 2.38. The van der Waals surface area contributed by atoms with Gasteiger partial charge in [-0.25, -0.2) is 0 Å². The lowest BCUT2D eigenvalue weighted by molar-refractivity contribution is -0.0190. The molecule has 1 fully saturated rings. The second-order valence-electron chi connectivity index (χ2n) is 5.32. The van der Waals surface area contributed by atoms with Crippen LogP contribution in [0.25, 0.3) is 0 Å². The fraction of sp³-hybridized carbons (Fsp3) is 0.600. The Bertz CT molecular complexity index is 439. The van der Waals surface area contributed by atoms with Crippen molar-refractivity contribution in [2.75, 3.05) is 40.4 Å². The third kappa shape index (κ3) is 3.85. The van der Waals surface area contributed by atoms with Gasteiger partial charge in [0.15, 0.2) is 11.5 Å². The van der Waals surface area contributed by atoms with E-state index in [-0.39, 0.29) is 17.9 Å². The molecule has 2 atom stereocenters. The second-order valence-corrected chi connectivity index (χ2v) is 5.32. The number of hydrogen-bond acceptors (Lipinski definition) is 5. The molecular formula is C15H24N2O3. The molecule has 1 heterocycles. The van der Waals surface area contributed by atoms with Crippen molar-refractivity contribution in [3.8, 4) is 11.5 Å². The van der Waals surface area contributed by atoms with Crippen LogP contribution in [0.4, 0.5) is 0 Å². The number of phenols is 1. The number of ether oxygens (including phenoxy) is 2. The SMILES string of the molecule is COc1cc(C(C)NCC2CN(C)CCO2)ccc1O. The third-order valence-corrected chi connectivity index (χ3v) is 3.70. The molecule has 1 aliphatic heterocycles. The number of nitrogens with zero attached hydrogens (tertiary/aromatic N) is 1. The Morgan fingerprint density at radius 2 is 2.35 bits per heavy atom. The standard InChI is InChI=1S/C15H24N2O3/c1-11(12-4-5-14(18)15(8-12)19-3)16-9-13-10-17(2)6-7-20-13/h4-5,8,11,13,16,18H,6-7,9-10H2,1-3H3. The number of benzene rings is 1. The third-order valence-electron chi connectivity index (χ3n) is 3.70. The Hall–Kier alpha value is -1.30. The maximum absolute atomic E-state index is 9.61. The van der Waals surface area contributed by atoms with Crippen molar-refractivity contribution in [3.05, 3.63) is 23.8 Å². The van der Waals surface area contributed by atoms with Crippen molar-refractivity contribution < 1.29 is 14.6 Å². The molecule has 0 radical (unpaired) electrons. The molecule has 2 unspecified atom stereocenters. The molecule has 0 aliphatic carbocycles. The lowest BCUT2D eigenvalue weighted by Gasteiger charge is -2.31. The first-order valence-electron chi connectivity index (χ1n) is 7.00. The summed E-state index contributed by atoms with van der Waals surface area (Å²) in [6, 6.07) is 5.61. The smallest absolute Gasteiger partial charge is 0.160 e. The lowest BCUT2D eigenvalue weighted by Crippen LogP contribution is -2.45. The molecule has 5 nitrogen and oxygen atoms in total. The molecular weight excluding hydrogens is 256 g/mol. The number of hydrogen-bond donors (Lipinski definition) is 2. The number of morpholine rings is 1. The Kier molecular flexibility index (Phi) is 5.23. The summed E-state index contributed by atoms with van der Waals surface area (Å²) in [4.78, 5) is 2.28. The average molecular weight is 280 g/mol. The zero-order valence-corrected chi connectivity index (χ0v) is 12.4. The molecule has 1 aromatic rings. The summed E-state index contributed by atoms with van der Waals surface area (Å²) in [6.07, 6.45) is 0.232. The van der Waals surface area contributed by atoms with Gasteiger partial charge in [-0.05, 0) is 31.7 Å². The van der Waals surface area contributed by atoms with Gasteiger partial charge < -0.3 is 24.8 Å². The molecule has 0 bridgehead atoms. The monoisotopic (exact) mass is 280 g/mol. The number of aromatic hydroxyl groups is 1. The number of phenolic OH excluding ortho intramolecular Hbond substituents is 1. The van der Waals surface area contributed by atoms with Crippen LogP contribution in [0, 0.1) is 0 Å². The highest BCUT2D eigenvalue weighted by Crippen LogP contribution is 2.28. The van der Waals surface area contributed by atoms with E-state index in [4.69, 9.17) is 9.47 Å². The minimum absolute atomic E-state index is 0.167. The summed E-state index contributed by atoms with van der Waals surface area (Å²) in [5.74, 6) is 0.672. The van der Waals surface area contributed by atoms with E-state index < -0.39 is 0 Å². The van der Waals surface area contributed by atoms with Crippen LogP contribution < -0.4 is 10.1 Å². The summed E-state index contributed by atoms with van der Waals surface area (Å²) in [5, 5.41) is 13.1. The number of likely N-dealkylation sites (N-methyl/N-ethyl adjacent to an activating group) is 1. The predicted molar refractivity (Wildman–Crippen MR) is 78.3 cm³/mol. The van der Waals surface area contributed by atoms with Crippen LogP contribution in [0.3, 0.4) is 0 Å². The quantitative estimate of drug-likeness (QED) is 0.853. The summed E-state index contributed by atoms with van der Waals surface area (Å²) < 4.78 is 10.9. The van der Waals surface area contributed by atoms with Crippen LogP contribution in [0.1, 0.15) is 18.5 Å². The topological polar surface area (TPSA) is 54.0 Å². The Labute approximate surface area is 120 Å². The van der Waals surface area contributed by atoms with E-state index in [1.807, 2.05) is 12.1 Å². The van der Waals surface area contributed by atoms with Gasteiger partial charge in [0.2, 0.25) is 0 Å². The van der Waals surface area contributed by atoms with Crippen LogP contribution >= 0.6 is 0 Å². The summed E-state index contributed by atoms with van der Waals surface area (Å²) in [5.41, 5.74) is 1.09. The predicted octanol–water partition coefficient (Wildman–Crippen LogP) is 1.38. The molecule has 112 valence electrons. The minimum Gasteiger partial charge on any atom is -0.504 e. The molecule has 0 saturated carbocycles. The van der Waals surface area contributed by atoms with Gasteiger partial charge in [0.1, 0.15) is 0 Å². The maximum Gasteiger partial charge on any atom is 0.160 e. The Balaban J connectivity index is 1.89. The molecule has 1 aliphatic rings. The van der Waals surface area contributed by atoms with Crippen LogP contribution in [0.15, 0.2) is 18.2 Å². The van der Waals surface area contributed by atoms with Gasteiger partial charge in [0.05, 0.1) is 19.8 Å². The molecule has 0 aromatic heterocycles. The van der Waals surface area contributed by atoms with Crippen LogP contribution in [0.5, 0.6) is 11.5 Å². The molecule has 5 heteroatoms. The van der Waals surface area contributed by atoms with Gasteiger partial charge in [-0.3, -0.25) is 0 Å². The average Bonchev–Trinajstić information content (AvgIpc) is 2.45. The highest BCUT2D eigenvalue weighted by molar-refractivity contribution is 5.42.